The zero-order valence-electron chi connectivity index (χ0n) is 9.11. The zero-order valence-corrected chi connectivity index (χ0v) is 9.11. The summed E-state index contributed by atoms with van der Waals surface area (Å²) < 4.78 is 26.2. The van der Waals surface area contributed by atoms with Crippen LogP contribution in [0.15, 0.2) is 30.0 Å². The first kappa shape index (κ1) is 12.2. The molecule has 2 N–H and O–H groups in total. The highest BCUT2D eigenvalue weighted by atomic mass is 19.1. The van der Waals surface area contributed by atoms with Crippen LogP contribution in [0, 0.1) is 11.6 Å². The molecule has 1 unspecified atom stereocenters. The molecule has 1 aromatic carbocycles. The molecule has 1 aromatic rings. The molecule has 0 radical (unpaired) electrons. The van der Waals surface area contributed by atoms with Gasteiger partial charge in [0, 0.05) is 24.6 Å². The minimum Gasteiger partial charge on any atom is -0.478 e. The number of carbonyl (C=O) groups is 2. The van der Waals surface area contributed by atoms with Crippen LogP contribution in [0.3, 0.4) is 0 Å². The lowest BCUT2D eigenvalue weighted by Crippen LogP contribution is -2.29. The second-order valence-electron chi connectivity index (χ2n) is 3.93. The molecule has 1 atom stereocenters. The van der Waals surface area contributed by atoms with Crippen LogP contribution < -0.4 is 5.32 Å². The average Bonchev–Trinajstić information content (AvgIpc) is 2.27. The summed E-state index contributed by atoms with van der Waals surface area (Å²) in [5.74, 6) is -4.08. The summed E-state index contributed by atoms with van der Waals surface area (Å²) in [5.41, 5.74) is 0.0376. The third-order valence-electron chi connectivity index (χ3n) is 2.69. The molecule has 2 rings (SSSR count). The number of halogens is 2. The third kappa shape index (κ3) is 2.37. The molecule has 1 amide bonds. The van der Waals surface area contributed by atoms with Crippen molar-refractivity contribution in [3.05, 3.63) is 47.2 Å². The summed E-state index contributed by atoms with van der Waals surface area (Å²) in [7, 11) is 0. The number of nitrogens with one attached hydrogen (secondary N) is 1. The Hall–Kier alpha value is -2.24. The summed E-state index contributed by atoms with van der Waals surface area (Å²) in [6.07, 6.45) is 0.905. The fraction of sp³-hybridized carbons (Fsp3) is 0.167. The lowest BCUT2D eigenvalue weighted by molar-refractivity contribution is -0.133. The van der Waals surface area contributed by atoms with Crippen molar-refractivity contribution in [1.29, 1.82) is 0 Å². The first-order valence-corrected chi connectivity index (χ1v) is 5.16. The Kier molecular flexibility index (Phi) is 3.10. The number of hydrogen-bond acceptors (Lipinski definition) is 2. The number of rotatable bonds is 2. The Morgan fingerprint density at radius 2 is 1.89 bits per heavy atom. The normalized spacial score (nSPS) is 19.1. The van der Waals surface area contributed by atoms with Crippen LogP contribution in [-0.4, -0.2) is 17.0 Å². The number of carboxylic acids is 1. The van der Waals surface area contributed by atoms with Gasteiger partial charge in [-0.3, -0.25) is 4.79 Å². The monoisotopic (exact) mass is 253 g/mol. The highest BCUT2D eigenvalue weighted by Gasteiger charge is 2.29. The largest absolute Gasteiger partial charge is 0.478 e. The van der Waals surface area contributed by atoms with E-state index in [9.17, 15) is 18.4 Å². The average molecular weight is 253 g/mol. The minimum absolute atomic E-state index is 0.0976. The van der Waals surface area contributed by atoms with Gasteiger partial charge in [0.2, 0.25) is 5.91 Å². The van der Waals surface area contributed by atoms with Gasteiger partial charge in [-0.05, 0) is 17.7 Å². The molecule has 1 heterocycles. The molecule has 0 spiro atoms. The lowest BCUT2D eigenvalue weighted by atomic mass is 9.86. The SMILES string of the molecule is O=C1CC(c2cc(F)cc(F)c2)C(C(=O)O)=CN1. The Labute approximate surface area is 101 Å². The number of hydrogen-bond donors (Lipinski definition) is 2. The van der Waals surface area contributed by atoms with Crippen LogP contribution in [-0.2, 0) is 9.59 Å². The fourth-order valence-electron chi connectivity index (χ4n) is 1.90. The second-order valence-corrected chi connectivity index (χ2v) is 3.93. The van der Waals surface area contributed by atoms with Crippen molar-refractivity contribution >= 4 is 11.9 Å². The maximum atomic E-state index is 13.1. The van der Waals surface area contributed by atoms with Gasteiger partial charge in [0.25, 0.3) is 0 Å². The molecule has 94 valence electrons. The Morgan fingerprint density at radius 1 is 1.28 bits per heavy atom. The smallest absolute Gasteiger partial charge is 0.333 e. The number of benzene rings is 1. The van der Waals surface area contributed by atoms with E-state index in [2.05, 4.69) is 5.32 Å². The van der Waals surface area contributed by atoms with E-state index in [0.29, 0.717) is 6.07 Å². The van der Waals surface area contributed by atoms with Crippen molar-refractivity contribution in [1.82, 2.24) is 5.32 Å². The molecule has 0 aromatic heterocycles. The predicted molar refractivity (Wildman–Crippen MR) is 57.6 cm³/mol. The van der Waals surface area contributed by atoms with Crippen LogP contribution in [0.1, 0.15) is 17.9 Å². The maximum absolute atomic E-state index is 13.1. The van der Waals surface area contributed by atoms with E-state index in [-0.39, 0.29) is 17.6 Å². The van der Waals surface area contributed by atoms with E-state index in [1.54, 1.807) is 0 Å². The molecular weight excluding hydrogens is 244 g/mol. The molecule has 0 fully saturated rings. The van der Waals surface area contributed by atoms with Gasteiger partial charge in [0.05, 0.1) is 5.57 Å². The van der Waals surface area contributed by atoms with Crippen molar-refractivity contribution in [3.8, 4) is 0 Å². The third-order valence-corrected chi connectivity index (χ3v) is 2.69. The number of aliphatic carboxylic acids is 1. The lowest BCUT2D eigenvalue weighted by Gasteiger charge is -2.21. The van der Waals surface area contributed by atoms with Gasteiger partial charge >= 0.3 is 5.97 Å². The quantitative estimate of drug-likeness (QED) is 0.840. The van der Waals surface area contributed by atoms with E-state index in [1.807, 2.05) is 0 Å². The van der Waals surface area contributed by atoms with Gasteiger partial charge in [-0.1, -0.05) is 0 Å². The predicted octanol–water partition coefficient (Wildman–Crippen LogP) is 1.54. The summed E-state index contributed by atoms with van der Waals surface area (Å²) >= 11 is 0. The summed E-state index contributed by atoms with van der Waals surface area (Å²) in [5, 5.41) is 11.3. The van der Waals surface area contributed by atoms with E-state index < -0.39 is 29.4 Å². The highest BCUT2D eigenvalue weighted by molar-refractivity contribution is 5.93. The molecule has 1 aliphatic heterocycles. The van der Waals surface area contributed by atoms with Crippen molar-refractivity contribution in [2.45, 2.75) is 12.3 Å². The molecule has 0 saturated heterocycles. The summed E-state index contributed by atoms with van der Waals surface area (Å²) in [4.78, 5) is 22.3. The maximum Gasteiger partial charge on any atom is 0.333 e. The second kappa shape index (κ2) is 4.56. The van der Waals surface area contributed by atoms with Crippen LogP contribution in [0.2, 0.25) is 0 Å². The molecule has 0 saturated carbocycles. The number of carboxylic acid groups (broad SMARTS) is 1. The molecular formula is C12H9F2NO3. The van der Waals surface area contributed by atoms with Crippen LogP contribution in [0.25, 0.3) is 0 Å². The molecule has 6 heteroatoms. The van der Waals surface area contributed by atoms with Gasteiger partial charge in [0.1, 0.15) is 11.6 Å². The van der Waals surface area contributed by atoms with E-state index in [0.717, 1.165) is 18.3 Å². The fourth-order valence-corrected chi connectivity index (χ4v) is 1.90. The molecule has 0 aliphatic carbocycles. The van der Waals surface area contributed by atoms with Gasteiger partial charge in [-0.15, -0.1) is 0 Å². The first-order chi connectivity index (χ1) is 8.47. The summed E-state index contributed by atoms with van der Waals surface area (Å²) in [6.45, 7) is 0. The highest BCUT2D eigenvalue weighted by Crippen LogP contribution is 2.31. The van der Waals surface area contributed by atoms with Gasteiger partial charge in [-0.25, -0.2) is 13.6 Å². The van der Waals surface area contributed by atoms with Crippen LogP contribution in [0.4, 0.5) is 8.78 Å². The topological polar surface area (TPSA) is 66.4 Å². The standard InChI is InChI=1S/C12H9F2NO3/c13-7-1-6(2-8(14)3-7)9-4-11(16)15-5-10(9)12(17)18/h1-3,5,9H,4H2,(H,15,16)(H,17,18). The van der Waals surface area contributed by atoms with Gasteiger partial charge < -0.3 is 10.4 Å². The Morgan fingerprint density at radius 3 is 2.44 bits per heavy atom. The van der Waals surface area contributed by atoms with Crippen molar-refractivity contribution in [2.24, 2.45) is 0 Å². The van der Waals surface area contributed by atoms with Crippen LogP contribution in [0.5, 0.6) is 0 Å². The van der Waals surface area contributed by atoms with Gasteiger partial charge in [0.15, 0.2) is 0 Å². The van der Waals surface area contributed by atoms with Crippen molar-refractivity contribution in [3.63, 3.8) is 0 Å². The first-order valence-electron chi connectivity index (χ1n) is 5.16. The van der Waals surface area contributed by atoms with Gasteiger partial charge in [-0.2, -0.15) is 0 Å². The molecule has 0 bridgehead atoms. The molecule has 18 heavy (non-hydrogen) atoms. The van der Waals surface area contributed by atoms with Crippen molar-refractivity contribution < 1.29 is 23.5 Å². The molecule has 1 aliphatic rings. The van der Waals surface area contributed by atoms with E-state index in [1.165, 1.54) is 0 Å². The van der Waals surface area contributed by atoms with Crippen LogP contribution >= 0.6 is 0 Å². The zero-order chi connectivity index (χ0) is 13.3. The number of carbonyl (C=O) groups excluding carboxylic acids is 1. The summed E-state index contributed by atoms with van der Waals surface area (Å²) in [6, 6.07) is 2.75. The minimum atomic E-state index is -1.23. The van der Waals surface area contributed by atoms with Crippen molar-refractivity contribution in [2.75, 3.05) is 0 Å². The molecule has 4 nitrogen and oxygen atoms in total. The van der Waals surface area contributed by atoms with E-state index >= 15 is 0 Å². The van der Waals surface area contributed by atoms with E-state index in [4.69, 9.17) is 5.11 Å². The number of amides is 1. The Bertz CT molecular complexity index is 534. The Balaban J connectivity index is 2.46.